The van der Waals surface area contributed by atoms with Gasteiger partial charge in [-0.1, -0.05) is 39.0 Å². The van der Waals surface area contributed by atoms with Crippen LogP contribution in [0.15, 0.2) is 24.3 Å². The molecule has 1 fully saturated rings. The van der Waals surface area contributed by atoms with Gasteiger partial charge in [0.25, 0.3) is 0 Å². The maximum atomic E-state index is 13.1. The molecule has 32 heavy (non-hydrogen) atoms. The van der Waals surface area contributed by atoms with Gasteiger partial charge in [0, 0.05) is 50.3 Å². The Hall–Kier alpha value is -2.64. The van der Waals surface area contributed by atoms with E-state index < -0.39 is 11.7 Å². The third kappa shape index (κ3) is 5.99. The molecule has 0 unspecified atom stereocenters. The molecule has 0 spiro atoms. The van der Waals surface area contributed by atoms with Gasteiger partial charge in [0.15, 0.2) is 0 Å². The predicted molar refractivity (Wildman–Crippen MR) is 119 cm³/mol. The monoisotopic (exact) mass is 448 g/mol. The van der Waals surface area contributed by atoms with Gasteiger partial charge in [-0.15, -0.1) is 0 Å². The van der Waals surface area contributed by atoms with Crippen molar-refractivity contribution in [3.63, 3.8) is 0 Å². The minimum Gasteiger partial charge on any atom is -0.353 e. The van der Waals surface area contributed by atoms with E-state index in [9.17, 15) is 18.0 Å². The van der Waals surface area contributed by atoms with Gasteiger partial charge < -0.3 is 9.80 Å². The normalized spacial score (nSPS) is 15.2. The number of carbonyl (C=O) groups is 1. The van der Waals surface area contributed by atoms with Gasteiger partial charge in [-0.25, -0.2) is 9.97 Å². The summed E-state index contributed by atoms with van der Waals surface area (Å²) in [6.07, 6.45) is -3.57. The van der Waals surface area contributed by atoms with Crippen molar-refractivity contribution in [1.29, 1.82) is 0 Å². The Kier molecular flexibility index (Phi) is 6.81. The summed E-state index contributed by atoms with van der Waals surface area (Å²) in [5.41, 5.74) is 1.43. The fourth-order valence-electron chi connectivity index (χ4n) is 3.98. The number of halogens is 3. The minimum atomic E-state index is -4.38. The van der Waals surface area contributed by atoms with E-state index in [2.05, 4.69) is 14.9 Å². The molecule has 1 amide bonds. The number of anilines is 1. The van der Waals surface area contributed by atoms with Gasteiger partial charge in [0.05, 0.1) is 5.56 Å². The first kappa shape index (κ1) is 24.0. The van der Waals surface area contributed by atoms with Crippen molar-refractivity contribution >= 4 is 11.7 Å². The van der Waals surface area contributed by atoms with Crippen LogP contribution in [0, 0.1) is 19.3 Å². The first-order valence-corrected chi connectivity index (χ1v) is 10.9. The standard InChI is InChI=1S/C24H31F3N4O/c1-16-20(14-18-7-6-8-19(13-18)24(25,26)27)22(29-17(2)28-16)31-11-9-30(10-12-31)21(32)15-23(3,4)5/h6-8,13H,9-12,14-15H2,1-5H3. The zero-order valence-electron chi connectivity index (χ0n) is 19.4. The minimum absolute atomic E-state index is 0.0623. The van der Waals surface area contributed by atoms with Crippen LogP contribution in [0.3, 0.4) is 0 Å². The SMILES string of the molecule is Cc1nc(C)c(Cc2cccc(C(F)(F)F)c2)c(N2CCN(C(=O)CC(C)(C)C)CC2)n1. The molecule has 2 aromatic rings. The van der Waals surface area contributed by atoms with Crippen molar-refractivity contribution in [2.75, 3.05) is 31.1 Å². The number of piperazine rings is 1. The Balaban J connectivity index is 1.81. The van der Waals surface area contributed by atoms with Gasteiger partial charge in [-0.2, -0.15) is 13.2 Å². The van der Waals surface area contributed by atoms with Crippen LogP contribution in [0.1, 0.15) is 55.4 Å². The van der Waals surface area contributed by atoms with E-state index in [1.54, 1.807) is 6.07 Å². The summed E-state index contributed by atoms with van der Waals surface area (Å²) < 4.78 is 39.4. The second kappa shape index (κ2) is 9.08. The summed E-state index contributed by atoms with van der Waals surface area (Å²) in [4.78, 5) is 25.7. The third-order valence-electron chi connectivity index (χ3n) is 5.55. The van der Waals surface area contributed by atoms with Crippen molar-refractivity contribution in [2.45, 2.75) is 53.6 Å². The van der Waals surface area contributed by atoms with Crippen LogP contribution in [0.2, 0.25) is 0 Å². The van der Waals surface area contributed by atoms with Gasteiger partial charge in [-0.05, 0) is 30.9 Å². The molecule has 3 rings (SSSR count). The fourth-order valence-corrected chi connectivity index (χ4v) is 3.98. The Morgan fingerprint density at radius 1 is 1.03 bits per heavy atom. The number of alkyl halides is 3. The van der Waals surface area contributed by atoms with E-state index in [4.69, 9.17) is 0 Å². The first-order chi connectivity index (χ1) is 14.8. The van der Waals surface area contributed by atoms with Crippen molar-refractivity contribution in [3.05, 3.63) is 52.5 Å². The topological polar surface area (TPSA) is 49.3 Å². The summed E-state index contributed by atoms with van der Waals surface area (Å²) in [7, 11) is 0. The van der Waals surface area contributed by atoms with Crippen molar-refractivity contribution in [2.24, 2.45) is 5.41 Å². The van der Waals surface area contributed by atoms with Crippen LogP contribution >= 0.6 is 0 Å². The fraction of sp³-hybridized carbons (Fsp3) is 0.542. The van der Waals surface area contributed by atoms with Gasteiger partial charge >= 0.3 is 6.18 Å². The lowest BCUT2D eigenvalue weighted by Gasteiger charge is -2.37. The number of aromatic nitrogens is 2. The Bertz CT molecular complexity index is 974. The summed E-state index contributed by atoms with van der Waals surface area (Å²) in [5, 5.41) is 0. The zero-order valence-corrected chi connectivity index (χ0v) is 19.4. The van der Waals surface area contributed by atoms with Crippen LogP contribution in [-0.4, -0.2) is 47.0 Å². The molecule has 1 aliphatic rings. The highest BCUT2D eigenvalue weighted by molar-refractivity contribution is 5.77. The summed E-state index contributed by atoms with van der Waals surface area (Å²) >= 11 is 0. The van der Waals surface area contributed by atoms with E-state index in [1.807, 2.05) is 39.5 Å². The molecular formula is C24H31F3N4O. The molecule has 0 bridgehead atoms. The van der Waals surface area contributed by atoms with Crippen molar-refractivity contribution in [3.8, 4) is 0 Å². The number of nitrogens with zero attached hydrogens (tertiary/aromatic N) is 4. The number of rotatable bonds is 4. The zero-order chi connectivity index (χ0) is 23.7. The molecule has 0 saturated carbocycles. The number of hydrogen-bond donors (Lipinski definition) is 0. The van der Waals surface area contributed by atoms with E-state index in [0.29, 0.717) is 50.4 Å². The van der Waals surface area contributed by atoms with Crippen LogP contribution in [0.4, 0.5) is 19.0 Å². The number of benzene rings is 1. The second-order valence-corrected chi connectivity index (χ2v) is 9.64. The molecule has 1 saturated heterocycles. The first-order valence-electron chi connectivity index (χ1n) is 10.9. The number of carbonyl (C=O) groups excluding carboxylic acids is 1. The van der Waals surface area contributed by atoms with E-state index >= 15 is 0 Å². The van der Waals surface area contributed by atoms with Crippen molar-refractivity contribution in [1.82, 2.24) is 14.9 Å². The lowest BCUT2D eigenvalue weighted by molar-refractivity contribution is -0.137. The predicted octanol–water partition coefficient (Wildman–Crippen LogP) is 4.79. The maximum Gasteiger partial charge on any atom is 0.416 e. The molecule has 0 radical (unpaired) electrons. The molecule has 8 heteroatoms. The highest BCUT2D eigenvalue weighted by Gasteiger charge is 2.31. The maximum absolute atomic E-state index is 13.1. The van der Waals surface area contributed by atoms with Crippen LogP contribution in [-0.2, 0) is 17.4 Å². The lowest BCUT2D eigenvalue weighted by atomic mass is 9.91. The van der Waals surface area contributed by atoms with Crippen LogP contribution in [0.25, 0.3) is 0 Å². The quantitative estimate of drug-likeness (QED) is 0.675. The van der Waals surface area contributed by atoms with E-state index in [0.717, 1.165) is 23.1 Å². The smallest absolute Gasteiger partial charge is 0.353 e. The van der Waals surface area contributed by atoms with Gasteiger partial charge in [0.2, 0.25) is 5.91 Å². The Morgan fingerprint density at radius 3 is 2.28 bits per heavy atom. The summed E-state index contributed by atoms with van der Waals surface area (Å²) in [5.74, 6) is 1.52. The highest BCUT2D eigenvalue weighted by atomic mass is 19.4. The lowest BCUT2D eigenvalue weighted by Crippen LogP contribution is -2.50. The molecule has 5 nitrogen and oxygen atoms in total. The molecule has 0 aliphatic carbocycles. The Morgan fingerprint density at radius 2 is 1.69 bits per heavy atom. The largest absolute Gasteiger partial charge is 0.416 e. The van der Waals surface area contributed by atoms with Crippen LogP contribution < -0.4 is 4.90 Å². The number of aryl methyl sites for hydroxylation is 2. The van der Waals surface area contributed by atoms with Crippen molar-refractivity contribution < 1.29 is 18.0 Å². The molecule has 1 aliphatic heterocycles. The van der Waals surface area contributed by atoms with Gasteiger partial charge in [-0.3, -0.25) is 4.79 Å². The number of amides is 1. The molecule has 174 valence electrons. The molecule has 1 aromatic carbocycles. The Labute approximate surface area is 187 Å². The average molecular weight is 449 g/mol. The molecule has 1 aromatic heterocycles. The number of hydrogen-bond acceptors (Lipinski definition) is 4. The molecular weight excluding hydrogens is 417 g/mol. The average Bonchev–Trinajstić information content (AvgIpc) is 2.68. The van der Waals surface area contributed by atoms with E-state index in [1.165, 1.54) is 12.1 Å². The third-order valence-corrected chi connectivity index (χ3v) is 5.55. The van der Waals surface area contributed by atoms with Crippen LogP contribution in [0.5, 0.6) is 0 Å². The molecule has 0 N–H and O–H groups in total. The van der Waals surface area contributed by atoms with E-state index in [-0.39, 0.29) is 11.3 Å². The molecule has 2 heterocycles. The molecule has 0 atom stereocenters. The highest BCUT2D eigenvalue weighted by Crippen LogP contribution is 2.31. The second-order valence-electron chi connectivity index (χ2n) is 9.64. The summed E-state index contributed by atoms with van der Waals surface area (Å²) in [6, 6.07) is 5.39. The van der Waals surface area contributed by atoms with Gasteiger partial charge in [0.1, 0.15) is 11.6 Å². The summed E-state index contributed by atoms with van der Waals surface area (Å²) in [6.45, 7) is 12.3.